The van der Waals surface area contributed by atoms with Crippen molar-refractivity contribution in [3.05, 3.63) is 21.8 Å². The first-order chi connectivity index (χ1) is 5.97. The second-order valence-electron chi connectivity index (χ2n) is 2.59. The Balaban J connectivity index is 3.33. The molecule has 13 heavy (non-hydrogen) atoms. The van der Waals surface area contributed by atoms with Crippen molar-refractivity contribution in [2.75, 3.05) is 11.5 Å². The highest BCUT2D eigenvalue weighted by Gasteiger charge is 2.14. The number of nitrogens with two attached hydrogens (primary N) is 1. The van der Waals surface area contributed by atoms with Gasteiger partial charge in [0.1, 0.15) is 0 Å². The zero-order valence-electron chi connectivity index (χ0n) is 7.12. The van der Waals surface area contributed by atoms with Gasteiger partial charge < -0.3 is 5.73 Å². The fourth-order valence-corrected chi connectivity index (χ4v) is 2.48. The predicted octanol–water partition coefficient (Wildman–Crippen LogP) is 1.67. The maximum atomic E-state index is 11.5. The van der Waals surface area contributed by atoms with Crippen molar-refractivity contribution in [3.8, 4) is 0 Å². The van der Waals surface area contributed by atoms with Crippen LogP contribution in [0.2, 0.25) is 0 Å². The summed E-state index contributed by atoms with van der Waals surface area (Å²) in [5.41, 5.74) is 5.93. The Morgan fingerprint density at radius 1 is 1.46 bits per heavy atom. The Bertz CT molecular complexity index is 414. The third kappa shape index (κ3) is 2.34. The van der Waals surface area contributed by atoms with Crippen LogP contribution < -0.4 is 5.73 Å². The van der Waals surface area contributed by atoms with Crippen molar-refractivity contribution in [1.82, 2.24) is 0 Å². The van der Waals surface area contributed by atoms with Crippen molar-refractivity contribution in [2.45, 2.75) is 11.8 Å². The lowest BCUT2D eigenvalue weighted by molar-refractivity contribution is 0.597. The molecule has 0 heterocycles. The van der Waals surface area contributed by atoms with E-state index in [2.05, 4.69) is 22.6 Å². The van der Waals surface area contributed by atoms with Gasteiger partial charge >= 0.3 is 0 Å². The fourth-order valence-electron chi connectivity index (χ4n) is 0.958. The summed E-state index contributed by atoms with van der Waals surface area (Å²) in [5, 5.41) is 0. The molecular weight excluding hydrogens is 301 g/mol. The van der Waals surface area contributed by atoms with E-state index in [1.165, 1.54) is 0 Å². The summed E-state index contributed by atoms with van der Waals surface area (Å²) in [4.78, 5) is 0.232. The van der Waals surface area contributed by atoms with Crippen LogP contribution in [0, 0.1) is 3.57 Å². The van der Waals surface area contributed by atoms with Crippen molar-refractivity contribution in [3.63, 3.8) is 0 Å². The molecule has 0 atom stereocenters. The van der Waals surface area contributed by atoms with Gasteiger partial charge in [0.05, 0.1) is 16.3 Å². The van der Waals surface area contributed by atoms with Crippen molar-refractivity contribution < 1.29 is 8.42 Å². The normalized spacial score (nSPS) is 11.5. The highest BCUT2D eigenvalue weighted by Crippen LogP contribution is 2.21. The molecule has 2 N–H and O–H groups in total. The fraction of sp³-hybridized carbons (Fsp3) is 0.250. The van der Waals surface area contributed by atoms with Gasteiger partial charge in [0, 0.05) is 3.57 Å². The van der Waals surface area contributed by atoms with E-state index in [1.807, 2.05) is 0 Å². The van der Waals surface area contributed by atoms with E-state index >= 15 is 0 Å². The highest BCUT2D eigenvalue weighted by molar-refractivity contribution is 14.1. The second kappa shape index (κ2) is 3.83. The second-order valence-corrected chi connectivity index (χ2v) is 6.08. The molecule has 0 saturated carbocycles. The minimum Gasteiger partial charge on any atom is -0.398 e. The number of hydrogen-bond acceptors (Lipinski definition) is 3. The van der Waals surface area contributed by atoms with Crippen LogP contribution in [-0.2, 0) is 9.84 Å². The van der Waals surface area contributed by atoms with Gasteiger partial charge in [-0.1, -0.05) is 6.92 Å². The van der Waals surface area contributed by atoms with Crippen LogP contribution in [0.1, 0.15) is 6.92 Å². The van der Waals surface area contributed by atoms with Crippen LogP contribution in [0.4, 0.5) is 5.69 Å². The summed E-state index contributed by atoms with van der Waals surface area (Å²) in [6, 6.07) is 4.94. The number of anilines is 1. The van der Waals surface area contributed by atoms with Crippen LogP contribution in [0.25, 0.3) is 0 Å². The maximum absolute atomic E-state index is 11.5. The molecule has 0 radical (unpaired) electrons. The standard InChI is InChI=1S/C8H10INO2S/c1-2-13(11,12)8-4-3-6(9)5-7(8)10/h3-5H,2,10H2,1H3. The molecule has 3 nitrogen and oxygen atoms in total. The predicted molar refractivity (Wildman–Crippen MR) is 61.3 cm³/mol. The van der Waals surface area contributed by atoms with Gasteiger partial charge in [0.25, 0.3) is 0 Å². The monoisotopic (exact) mass is 311 g/mol. The van der Waals surface area contributed by atoms with E-state index in [9.17, 15) is 8.42 Å². The van der Waals surface area contributed by atoms with Crippen molar-refractivity contribution >= 4 is 38.1 Å². The van der Waals surface area contributed by atoms with E-state index < -0.39 is 9.84 Å². The summed E-state index contributed by atoms with van der Waals surface area (Å²) in [7, 11) is -3.17. The van der Waals surface area contributed by atoms with Crippen molar-refractivity contribution in [2.24, 2.45) is 0 Å². The van der Waals surface area contributed by atoms with E-state index in [0.717, 1.165) is 3.57 Å². The molecular formula is C8H10INO2S. The van der Waals surface area contributed by atoms with Gasteiger partial charge in [0.15, 0.2) is 9.84 Å². The molecule has 0 unspecified atom stereocenters. The molecule has 0 amide bonds. The lowest BCUT2D eigenvalue weighted by Gasteiger charge is -2.04. The van der Waals surface area contributed by atoms with Gasteiger partial charge in [-0.2, -0.15) is 0 Å². The quantitative estimate of drug-likeness (QED) is 0.667. The molecule has 5 heteroatoms. The van der Waals surface area contributed by atoms with Gasteiger partial charge in [-0.3, -0.25) is 0 Å². The Morgan fingerprint density at radius 2 is 2.08 bits per heavy atom. The number of sulfone groups is 1. The molecule has 0 aliphatic carbocycles. The summed E-state index contributed by atoms with van der Waals surface area (Å²) < 4.78 is 23.8. The lowest BCUT2D eigenvalue weighted by Crippen LogP contribution is -2.07. The number of rotatable bonds is 2. The first-order valence-corrected chi connectivity index (χ1v) is 6.48. The van der Waals surface area contributed by atoms with Crippen LogP contribution in [0.3, 0.4) is 0 Å². The number of nitrogen functional groups attached to an aromatic ring is 1. The molecule has 0 aliphatic rings. The van der Waals surface area contributed by atoms with Crippen LogP contribution in [0.5, 0.6) is 0 Å². The van der Waals surface area contributed by atoms with Gasteiger partial charge in [0.2, 0.25) is 0 Å². The molecule has 1 aromatic carbocycles. The molecule has 0 aliphatic heterocycles. The molecule has 72 valence electrons. The van der Waals surface area contributed by atoms with Gasteiger partial charge in [-0.25, -0.2) is 8.42 Å². The van der Waals surface area contributed by atoms with E-state index in [1.54, 1.807) is 25.1 Å². The number of benzene rings is 1. The summed E-state index contributed by atoms with van der Waals surface area (Å²) in [6.07, 6.45) is 0. The Labute approximate surface area is 91.4 Å². The zero-order chi connectivity index (χ0) is 10.1. The van der Waals surface area contributed by atoms with E-state index in [-0.39, 0.29) is 10.6 Å². The third-order valence-corrected chi connectivity index (χ3v) is 4.16. The molecule has 0 spiro atoms. The Hall–Kier alpha value is -0.300. The topological polar surface area (TPSA) is 60.2 Å². The van der Waals surface area contributed by atoms with E-state index in [0.29, 0.717) is 5.69 Å². The number of hydrogen-bond donors (Lipinski definition) is 1. The SMILES string of the molecule is CCS(=O)(=O)c1ccc(I)cc1N. The van der Waals surface area contributed by atoms with Crippen LogP contribution >= 0.6 is 22.6 Å². The molecule has 0 fully saturated rings. The minimum absolute atomic E-state index is 0.0811. The van der Waals surface area contributed by atoms with Gasteiger partial charge in [-0.05, 0) is 40.8 Å². The van der Waals surface area contributed by atoms with Crippen LogP contribution in [-0.4, -0.2) is 14.2 Å². The average molecular weight is 311 g/mol. The average Bonchev–Trinajstić information content (AvgIpc) is 2.03. The molecule has 1 rings (SSSR count). The first kappa shape index (κ1) is 10.8. The smallest absolute Gasteiger partial charge is 0.180 e. The first-order valence-electron chi connectivity index (χ1n) is 3.75. The van der Waals surface area contributed by atoms with Crippen LogP contribution in [0.15, 0.2) is 23.1 Å². The molecule has 0 aromatic heterocycles. The largest absolute Gasteiger partial charge is 0.398 e. The zero-order valence-corrected chi connectivity index (χ0v) is 10.1. The summed E-state index contributed by atoms with van der Waals surface area (Å²) in [6.45, 7) is 1.60. The number of halogens is 1. The van der Waals surface area contributed by atoms with E-state index in [4.69, 9.17) is 5.73 Å². The third-order valence-electron chi connectivity index (χ3n) is 1.69. The molecule has 1 aromatic rings. The highest BCUT2D eigenvalue weighted by atomic mass is 127. The van der Waals surface area contributed by atoms with Gasteiger partial charge in [-0.15, -0.1) is 0 Å². The summed E-state index contributed by atoms with van der Waals surface area (Å²) >= 11 is 2.09. The van der Waals surface area contributed by atoms with Crippen molar-refractivity contribution in [1.29, 1.82) is 0 Å². The lowest BCUT2D eigenvalue weighted by atomic mass is 10.3. The Morgan fingerprint density at radius 3 is 2.54 bits per heavy atom. The minimum atomic E-state index is -3.17. The Kier molecular flexibility index (Phi) is 3.18. The molecule has 0 saturated heterocycles. The summed E-state index contributed by atoms with van der Waals surface area (Å²) in [5.74, 6) is 0.0811. The maximum Gasteiger partial charge on any atom is 0.180 e. The molecule has 0 bridgehead atoms.